The van der Waals surface area contributed by atoms with Gasteiger partial charge in [0, 0.05) is 17.5 Å². The van der Waals surface area contributed by atoms with Gasteiger partial charge >= 0.3 is 0 Å². The zero-order chi connectivity index (χ0) is 19.4. The predicted octanol–water partition coefficient (Wildman–Crippen LogP) is 2.66. The lowest BCUT2D eigenvalue weighted by molar-refractivity contribution is -0.120. The number of hydrogen-bond acceptors (Lipinski definition) is 4. The van der Waals surface area contributed by atoms with Crippen molar-refractivity contribution in [1.82, 2.24) is 15.4 Å². The van der Waals surface area contributed by atoms with Gasteiger partial charge in [-0.05, 0) is 39.0 Å². The number of amides is 2. The standard InChI is InChI=1S/C18H22BrN3O4/c1-10-6-7-11(2)22(10)14-9-16(26-5)15(25-4)8-13(14)18(24)21-20-17(23)12(3)19/h6-9,12H,1-5H3,(H,20,23)(H,21,24)/t12-/m1/s1. The molecule has 7 nitrogen and oxygen atoms in total. The van der Waals surface area contributed by atoms with Gasteiger partial charge in [0.2, 0.25) is 0 Å². The van der Waals surface area contributed by atoms with E-state index in [9.17, 15) is 9.59 Å². The Morgan fingerprint density at radius 3 is 2.08 bits per heavy atom. The Labute approximate surface area is 160 Å². The first-order valence-electron chi connectivity index (χ1n) is 7.95. The summed E-state index contributed by atoms with van der Waals surface area (Å²) in [4.78, 5) is 24.0. The predicted molar refractivity (Wildman–Crippen MR) is 102 cm³/mol. The van der Waals surface area contributed by atoms with Crippen molar-refractivity contribution in [3.63, 3.8) is 0 Å². The number of methoxy groups -OCH3 is 2. The second-order valence-corrected chi connectivity index (χ2v) is 7.11. The number of carbonyl (C=O) groups is 2. The van der Waals surface area contributed by atoms with E-state index in [0.717, 1.165) is 11.4 Å². The SMILES string of the molecule is COc1cc(C(=O)NNC(=O)[C@@H](C)Br)c(-n2c(C)ccc2C)cc1OC. The number of benzene rings is 1. The van der Waals surface area contributed by atoms with Gasteiger partial charge in [-0.3, -0.25) is 20.4 Å². The van der Waals surface area contributed by atoms with E-state index in [1.807, 2.05) is 30.5 Å². The Hall–Kier alpha value is -2.48. The molecular weight excluding hydrogens is 402 g/mol. The highest BCUT2D eigenvalue weighted by Crippen LogP contribution is 2.33. The van der Waals surface area contributed by atoms with Crippen molar-refractivity contribution in [2.45, 2.75) is 25.6 Å². The summed E-state index contributed by atoms with van der Waals surface area (Å²) in [5.74, 6) is 0.109. The van der Waals surface area contributed by atoms with Gasteiger partial charge in [0.1, 0.15) is 0 Å². The smallest absolute Gasteiger partial charge is 0.271 e. The van der Waals surface area contributed by atoms with Gasteiger partial charge in [-0.2, -0.15) is 0 Å². The number of ether oxygens (including phenoxy) is 2. The Morgan fingerprint density at radius 2 is 1.58 bits per heavy atom. The summed E-state index contributed by atoms with van der Waals surface area (Å²) in [6.07, 6.45) is 0. The fourth-order valence-corrected chi connectivity index (χ4v) is 2.68. The molecule has 2 rings (SSSR count). The highest BCUT2D eigenvalue weighted by molar-refractivity contribution is 9.10. The fourth-order valence-electron chi connectivity index (χ4n) is 2.57. The van der Waals surface area contributed by atoms with Crippen LogP contribution in [-0.4, -0.2) is 35.4 Å². The lowest BCUT2D eigenvalue weighted by atomic mass is 10.1. The third-order valence-corrected chi connectivity index (χ3v) is 4.33. The van der Waals surface area contributed by atoms with Crippen molar-refractivity contribution < 1.29 is 19.1 Å². The van der Waals surface area contributed by atoms with Crippen molar-refractivity contribution in [3.05, 3.63) is 41.2 Å². The molecular formula is C18H22BrN3O4. The molecule has 0 saturated carbocycles. The molecule has 0 spiro atoms. The quantitative estimate of drug-likeness (QED) is 0.571. The number of halogens is 1. The number of aryl methyl sites for hydroxylation is 2. The topological polar surface area (TPSA) is 81.6 Å². The second kappa shape index (κ2) is 8.27. The highest BCUT2D eigenvalue weighted by atomic mass is 79.9. The molecule has 1 atom stereocenters. The van der Waals surface area contributed by atoms with E-state index in [-0.39, 0.29) is 5.91 Å². The molecule has 2 N–H and O–H groups in total. The molecule has 0 radical (unpaired) electrons. The van der Waals surface area contributed by atoms with Crippen LogP contribution in [0.2, 0.25) is 0 Å². The van der Waals surface area contributed by atoms with Crippen LogP contribution in [0.5, 0.6) is 11.5 Å². The lowest BCUT2D eigenvalue weighted by Gasteiger charge is -2.18. The number of nitrogens with zero attached hydrogens (tertiary/aromatic N) is 1. The molecule has 2 aromatic rings. The summed E-state index contributed by atoms with van der Waals surface area (Å²) in [5.41, 5.74) is 7.70. The van der Waals surface area contributed by atoms with Gasteiger partial charge < -0.3 is 14.0 Å². The fraction of sp³-hybridized carbons (Fsp3) is 0.333. The minimum atomic E-state index is -0.463. The molecule has 0 aliphatic heterocycles. The molecule has 0 aliphatic carbocycles. The average molecular weight is 424 g/mol. The van der Waals surface area contributed by atoms with E-state index in [2.05, 4.69) is 26.8 Å². The van der Waals surface area contributed by atoms with E-state index in [4.69, 9.17) is 9.47 Å². The summed E-state index contributed by atoms with van der Waals surface area (Å²) in [6, 6.07) is 7.25. The van der Waals surface area contributed by atoms with E-state index >= 15 is 0 Å². The van der Waals surface area contributed by atoms with Crippen molar-refractivity contribution in [2.75, 3.05) is 14.2 Å². The molecule has 0 aliphatic rings. The summed E-state index contributed by atoms with van der Waals surface area (Å²) in [7, 11) is 3.04. The normalized spacial score (nSPS) is 11.6. The van der Waals surface area contributed by atoms with Crippen LogP contribution in [0.3, 0.4) is 0 Å². The maximum atomic E-state index is 12.7. The first-order valence-corrected chi connectivity index (χ1v) is 8.87. The zero-order valence-electron chi connectivity index (χ0n) is 15.3. The van der Waals surface area contributed by atoms with E-state index in [1.165, 1.54) is 14.2 Å². The maximum absolute atomic E-state index is 12.7. The number of carbonyl (C=O) groups excluding carboxylic acids is 2. The molecule has 0 unspecified atom stereocenters. The van der Waals surface area contributed by atoms with E-state index < -0.39 is 10.7 Å². The molecule has 8 heteroatoms. The number of rotatable bonds is 5. The number of aromatic nitrogens is 1. The maximum Gasteiger partial charge on any atom is 0.271 e. The molecule has 1 heterocycles. The van der Waals surface area contributed by atoms with Crippen molar-refractivity contribution in [1.29, 1.82) is 0 Å². The number of hydrogen-bond donors (Lipinski definition) is 2. The van der Waals surface area contributed by atoms with Crippen molar-refractivity contribution in [3.8, 4) is 17.2 Å². The van der Waals surface area contributed by atoms with Crippen LogP contribution in [0.1, 0.15) is 28.7 Å². The van der Waals surface area contributed by atoms with Crippen LogP contribution in [0.15, 0.2) is 24.3 Å². The summed E-state index contributed by atoms with van der Waals surface area (Å²) in [6.45, 7) is 5.55. The highest BCUT2D eigenvalue weighted by Gasteiger charge is 2.20. The molecule has 140 valence electrons. The number of hydrazine groups is 1. The molecule has 1 aromatic heterocycles. The third kappa shape index (κ3) is 4.01. The molecule has 26 heavy (non-hydrogen) atoms. The number of alkyl halides is 1. The first-order chi connectivity index (χ1) is 12.3. The largest absolute Gasteiger partial charge is 0.493 e. The molecule has 0 fully saturated rings. The van der Waals surface area contributed by atoms with Crippen LogP contribution >= 0.6 is 15.9 Å². The summed E-state index contributed by atoms with van der Waals surface area (Å²) in [5, 5.41) is 0. The molecule has 1 aromatic carbocycles. The van der Waals surface area contributed by atoms with Crippen molar-refractivity contribution >= 4 is 27.7 Å². The molecule has 2 amide bonds. The average Bonchev–Trinajstić information content (AvgIpc) is 2.96. The van der Waals surface area contributed by atoms with Gasteiger partial charge in [-0.15, -0.1) is 0 Å². The molecule has 0 bridgehead atoms. The van der Waals surface area contributed by atoms with E-state index in [1.54, 1.807) is 19.1 Å². The summed E-state index contributed by atoms with van der Waals surface area (Å²) < 4.78 is 12.6. The Bertz CT molecular complexity index is 811. The van der Waals surface area contributed by atoms with E-state index in [0.29, 0.717) is 22.7 Å². The Morgan fingerprint density at radius 1 is 1.04 bits per heavy atom. The van der Waals surface area contributed by atoms with Crippen LogP contribution in [0.4, 0.5) is 0 Å². The summed E-state index contributed by atoms with van der Waals surface area (Å²) >= 11 is 3.15. The van der Waals surface area contributed by atoms with Crippen LogP contribution < -0.4 is 20.3 Å². The Kier molecular flexibility index (Phi) is 6.31. The van der Waals surface area contributed by atoms with Crippen LogP contribution in [0, 0.1) is 13.8 Å². The zero-order valence-corrected chi connectivity index (χ0v) is 16.9. The van der Waals surface area contributed by atoms with Gasteiger partial charge in [0.05, 0.1) is 30.3 Å². The van der Waals surface area contributed by atoms with Gasteiger partial charge in [0.25, 0.3) is 11.8 Å². The molecule has 0 saturated heterocycles. The first kappa shape index (κ1) is 19.8. The second-order valence-electron chi connectivity index (χ2n) is 5.74. The van der Waals surface area contributed by atoms with Gasteiger partial charge in [-0.25, -0.2) is 0 Å². The minimum absolute atomic E-state index is 0.340. The third-order valence-electron chi connectivity index (χ3n) is 3.92. The van der Waals surface area contributed by atoms with Gasteiger partial charge in [0.15, 0.2) is 11.5 Å². The Balaban J connectivity index is 2.52. The minimum Gasteiger partial charge on any atom is -0.493 e. The van der Waals surface area contributed by atoms with Crippen LogP contribution in [-0.2, 0) is 4.79 Å². The lowest BCUT2D eigenvalue weighted by Crippen LogP contribution is -2.44. The number of nitrogens with one attached hydrogen (secondary N) is 2. The van der Waals surface area contributed by atoms with Gasteiger partial charge in [-0.1, -0.05) is 15.9 Å². The van der Waals surface area contributed by atoms with Crippen LogP contribution in [0.25, 0.3) is 5.69 Å². The van der Waals surface area contributed by atoms with Crippen molar-refractivity contribution in [2.24, 2.45) is 0 Å². The monoisotopic (exact) mass is 423 g/mol.